The fourth-order valence-electron chi connectivity index (χ4n) is 3.54. The zero-order valence-corrected chi connectivity index (χ0v) is 19.7. The van der Waals surface area contributed by atoms with E-state index in [1.807, 2.05) is 0 Å². The molecule has 2 aromatic carbocycles. The minimum absolute atomic E-state index is 0.0798. The lowest BCUT2D eigenvalue weighted by Gasteiger charge is -2.35. The van der Waals surface area contributed by atoms with Gasteiger partial charge in [0.2, 0.25) is 5.91 Å². The largest absolute Gasteiger partial charge is 0.492 e. The van der Waals surface area contributed by atoms with Crippen LogP contribution in [0.5, 0.6) is 5.75 Å². The lowest BCUT2D eigenvalue weighted by Crippen LogP contribution is -2.53. The van der Waals surface area contributed by atoms with Crippen molar-refractivity contribution in [3.05, 3.63) is 54.6 Å². The maximum atomic E-state index is 13.6. The third kappa shape index (κ3) is 5.75. The van der Waals surface area contributed by atoms with Crippen molar-refractivity contribution in [3.8, 4) is 5.75 Å². The summed E-state index contributed by atoms with van der Waals surface area (Å²) in [5.74, 6) is 0.0174. The summed E-state index contributed by atoms with van der Waals surface area (Å²) in [5.41, 5.74) is 0.293. The first kappa shape index (κ1) is 24.4. The Kier molecular flexibility index (Phi) is 8.16. The van der Waals surface area contributed by atoms with Crippen molar-refractivity contribution in [3.63, 3.8) is 0 Å². The number of amides is 2. The second-order valence-electron chi connectivity index (χ2n) is 7.29. The Morgan fingerprint density at radius 3 is 2.12 bits per heavy atom. The molecular weight excluding hydrogens is 446 g/mol. The van der Waals surface area contributed by atoms with Gasteiger partial charge in [-0.1, -0.05) is 30.3 Å². The van der Waals surface area contributed by atoms with Gasteiger partial charge in [-0.3, -0.25) is 9.10 Å². The average molecular weight is 476 g/mol. The molecule has 0 N–H and O–H groups in total. The molecule has 0 aliphatic carbocycles. The van der Waals surface area contributed by atoms with Gasteiger partial charge >= 0.3 is 6.09 Å². The fourth-order valence-corrected chi connectivity index (χ4v) is 4.98. The SMILES string of the molecule is CCOC(=O)N1CCN(C(=O)CN(c2ccccc2OCC)S(=O)(=O)c2ccccc2)CC1. The van der Waals surface area contributed by atoms with E-state index in [0.29, 0.717) is 44.2 Å². The monoisotopic (exact) mass is 475 g/mol. The average Bonchev–Trinajstić information content (AvgIpc) is 2.84. The Morgan fingerprint density at radius 1 is 0.879 bits per heavy atom. The molecule has 2 amide bonds. The summed E-state index contributed by atoms with van der Waals surface area (Å²) in [6, 6.07) is 14.7. The Labute approximate surface area is 194 Å². The minimum Gasteiger partial charge on any atom is -0.492 e. The number of hydrogen-bond donors (Lipinski definition) is 0. The van der Waals surface area contributed by atoms with Gasteiger partial charge < -0.3 is 19.3 Å². The molecule has 0 radical (unpaired) electrons. The van der Waals surface area contributed by atoms with E-state index >= 15 is 0 Å². The van der Waals surface area contributed by atoms with Crippen molar-refractivity contribution in [2.24, 2.45) is 0 Å². The summed E-state index contributed by atoms with van der Waals surface area (Å²) in [4.78, 5) is 28.3. The first-order valence-corrected chi connectivity index (χ1v) is 12.3. The molecule has 0 saturated carbocycles. The third-order valence-electron chi connectivity index (χ3n) is 5.20. The molecule has 178 valence electrons. The summed E-state index contributed by atoms with van der Waals surface area (Å²) < 4.78 is 38.9. The highest BCUT2D eigenvalue weighted by Gasteiger charge is 2.32. The first-order valence-electron chi connectivity index (χ1n) is 10.9. The van der Waals surface area contributed by atoms with Crippen LogP contribution in [-0.2, 0) is 19.6 Å². The number of para-hydroxylation sites is 2. The van der Waals surface area contributed by atoms with Gasteiger partial charge in [0, 0.05) is 26.2 Å². The van der Waals surface area contributed by atoms with Crippen LogP contribution in [0, 0.1) is 0 Å². The second kappa shape index (κ2) is 11.0. The maximum absolute atomic E-state index is 13.6. The highest BCUT2D eigenvalue weighted by Crippen LogP contribution is 2.32. The molecule has 0 atom stereocenters. The minimum atomic E-state index is -4.04. The number of anilines is 1. The van der Waals surface area contributed by atoms with Crippen molar-refractivity contribution in [2.45, 2.75) is 18.7 Å². The maximum Gasteiger partial charge on any atom is 0.409 e. The van der Waals surface area contributed by atoms with Crippen LogP contribution in [0.1, 0.15) is 13.8 Å². The Balaban J connectivity index is 1.86. The molecule has 10 heteroatoms. The molecule has 1 saturated heterocycles. The molecule has 0 aromatic heterocycles. The predicted molar refractivity (Wildman–Crippen MR) is 124 cm³/mol. The number of ether oxygens (including phenoxy) is 2. The van der Waals surface area contributed by atoms with Gasteiger partial charge in [-0.25, -0.2) is 13.2 Å². The van der Waals surface area contributed by atoms with E-state index in [4.69, 9.17) is 9.47 Å². The van der Waals surface area contributed by atoms with Gasteiger partial charge in [-0.2, -0.15) is 0 Å². The van der Waals surface area contributed by atoms with E-state index in [2.05, 4.69) is 0 Å². The van der Waals surface area contributed by atoms with Crippen LogP contribution in [-0.4, -0.2) is 76.2 Å². The molecule has 0 spiro atoms. The van der Waals surface area contributed by atoms with E-state index < -0.39 is 16.1 Å². The van der Waals surface area contributed by atoms with Gasteiger partial charge in [0.25, 0.3) is 10.0 Å². The summed E-state index contributed by atoms with van der Waals surface area (Å²) in [7, 11) is -4.04. The molecule has 9 nitrogen and oxygen atoms in total. The van der Waals surface area contributed by atoms with E-state index in [-0.39, 0.29) is 24.0 Å². The van der Waals surface area contributed by atoms with E-state index in [9.17, 15) is 18.0 Å². The molecule has 1 aliphatic rings. The number of carbonyl (C=O) groups is 2. The molecule has 3 rings (SSSR count). The topological polar surface area (TPSA) is 96.5 Å². The van der Waals surface area contributed by atoms with Crippen LogP contribution < -0.4 is 9.04 Å². The number of piperazine rings is 1. The number of sulfonamides is 1. The van der Waals surface area contributed by atoms with Gasteiger partial charge in [-0.15, -0.1) is 0 Å². The quantitative estimate of drug-likeness (QED) is 0.582. The van der Waals surface area contributed by atoms with Crippen LogP contribution in [0.15, 0.2) is 59.5 Å². The summed E-state index contributed by atoms with van der Waals surface area (Å²) in [6.45, 7) is 5.02. The van der Waals surface area contributed by atoms with Gasteiger partial charge in [0.15, 0.2) is 0 Å². The third-order valence-corrected chi connectivity index (χ3v) is 6.98. The van der Waals surface area contributed by atoms with Crippen molar-refractivity contribution in [2.75, 3.05) is 50.2 Å². The standard InChI is InChI=1S/C23H29N3O6S/c1-3-31-21-13-9-8-12-20(21)26(33(29,30)19-10-6-5-7-11-19)18-22(27)24-14-16-25(17-15-24)23(28)32-4-2/h5-13H,3-4,14-18H2,1-2H3. The van der Waals surface area contributed by atoms with E-state index in [0.717, 1.165) is 4.31 Å². The molecular formula is C23H29N3O6S. The predicted octanol–water partition coefficient (Wildman–Crippen LogP) is 2.58. The van der Waals surface area contributed by atoms with E-state index in [1.54, 1.807) is 61.2 Å². The summed E-state index contributed by atoms with van der Waals surface area (Å²) >= 11 is 0. The number of rotatable bonds is 8. The second-order valence-corrected chi connectivity index (χ2v) is 9.15. The fraction of sp³-hybridized carbons (Fsp3) is 0.391. The van der Waals surface area contributed by atoms with Crippen molar-refractivity contribution in [1.29, 1.82) is 0 Å². The lowest BCUT2D eigenvalue weighted by molar-refractivity contribution is -0.131. The van der Waals surface area contributed by atoms with Gasteiger partial charge in [-0.05, 0) is 38.1 Å². The van der Waals surface area contributed by atoms with Crippen molar-refractivity contribution < 1.29 is 27.5 Å². The Bertz CT molecular complexity index is 1050. The van der Waals surface area contributed by atoms with Crippen LogP contribution >= 0.6 is 0 Å². The highest BCUT2D eigenvalue weighted by molar-refractivity contribution is 7.92. The van der Waals surface area contributed by atoms with Crippen LogP contribution in [0.3, 0.4) is 0 Å². The normalized spacial score (nSPS) is 14.0. The molecule has 1 aliphatic heterocycles. The molecule has 2 aromatic rings. The lowest BCUT2D eigenvalue weighted by atomic mass is 10.2. The van der Waals surface area contributed by atoms with E-state index in [1.165, 1.54) is 17.0 Å². The molecule has 0 unspecified atom stereocenters. The number of carbonyl (C=O) groups excluding carboxylic acids is 2. The number of nitrogens with zero attached hydrogens (tertiary/aromatic N) is 3. The highest BCUT2D eigenvalue weighted by atomic mass is 32.2. The van der Waals surface area contributed by atoms with Crippen molar-refractivity contribution >= 4 is 27.7 Å². The summed E-state index contributed by atoms with van der Waals surface area (Å²) in [6.07, 6.45) is -0.413. The molecule has 33 heavy (non-hydrogen) atoms. The molecule has 1 fully saturated rings. The first-order chi connectivity index (χ1) is 15.9. The van der Waals surface area contributed by atoms with Gasteiger partial charge in [0.05, 0.1) is 23.8 Å². The van der Waals surface area contributed by atoms with Crippen molar-refractivity contribution in [1.82, 2.24) is 9.80 Å². The van der Waals surface area contributed by atoms with Crippen LogP contribution in [0.25, 0.3) is 0 Å². The number of hydrogen-bond acceptors (Lipinski definition) is 6. The Morgan fingerprint density at radius 2 is 1.48 bits per heavy atom. The van der Waals surface area contributed by atoms with Crippen LogP contribution in [0.2, 0.25) is 0 Å². The zero-order chi connectivity index (χ0) is 23.8. The molecule has 1 heterocycles. The molecule has 0 bridgehead atoms. The Hall–Kier alpha value is -3.27. The number of benzene rings is 2. The van der Waals surface area contributed by atoms with Crippen LogP contribution in [0.4, 0.5) is 10.5 Å². The smallest absolute Gasteiger partial charge is 0.409 e. The zero-order valence-electron chi connectivity index (χ0n) is 18.8. The summed E-state index contributed by atoms with van der Waals surface area (Å²) in [5, 5.41) is 0. The van der Waals surface area contributed by atoms with Gasteiger partial charge in [0.1, 0.15) is 12.3 Å².